The summed E-state index contributed by atoms with van der Waals surface area (Å²) in [5.41, 5.74) is 1.80. The van der Waals surface area contributed by atoms with Gasteiger partial charge in [0.05, 0.1) is 0 Å². The molecule has 0 radical (unpaired) electrons. The van der Waals surface area contributed by atoms with Crippen molar-refractivity contribution in [3.63, 3.8) is 0 Å². The fraction of sp³-hybridized carbons (Fsp3) is 0.294. The molecule has 2 heterocycles. The lowest BCUT2D eigenvalue weighted by atomic mass is 9.94. The van der Waals surface area contributed by atoms with Crippen molar-refractivity contribution in [2.75, 3.05) is 50.7 Å². The fourth-order valence-corrected chi connectivity index (χ4v) is 5.12. The maximum atomic E-state index is 13.8. The van der Waals surface area contributed by atoms with Crippen molar-refractivity contribution < 1.29 is 31.5 Å². The molecular weight excluding hydrogens is 577 g/mol. The summed E-state index contributed by atoms with van der Waals surface area (Å²) in [6, 6.07) is 12.8. The van der Waals surface area contributed by atoms with Crippen molar-refractivity contribution in [1.82, 2.24) is 9.80 Å². The largest absolute Gasteiger partial charge is 0.369 e. The van der Waals surface area contributed by atoms with Crippen molar-refractivity contribution >= 4 is 29.5 Å². The van der Waals surface area contributed by atoms with E-state index in [9.17, 15) is 31.5 Å². The van der Waals surface area contributed by atoms with Gasteiger partial charge in [0.25, 0.3) is 0 Å². The number of benzene rings is 3. The summed E-state index contributed by atoms with van der Waals surface area (Å²) in [6.45, 7) is 7.29. The summed E-state index contributed by atoms with van der Waals surface area (Å²) in [6.07, 6.45) is 2.98. The van der Waals surface area contributed by atoms with E-state index in [1.54, 1.807) is 12.1 Å². The molecule has 10 heteroatoms. The predicted octanol–water partition coefficient (Wildman–Crippen LogP) is 6.50. The van der Waals surface area contributed by atoms with Crippen LogP contribution in [0.5, 0.6) is 0 Å². The molecule has 0 unspecified atom stereocenters. The Labute approximate surface area is 253 Å². The number of carbonyl (C=O) groups excluding carboxylic acids is 2. The van der Waals surface area contributed by atoms with Crippen LogP contribution in [0.4, 0.5) is 27.6 Å². The summed E-state index contributed by atoms with van der Waals surface area (Å²) in [7, 11) is 0. The van der Waals surface area contributed by atoms with E-state index in [1.165, 1.54) is 41.3 Å². The Bertz CT molecular complexity index is 1470. The van der Waals surface area contributed by atoms with Crippen LogP contribution in [-0.4, -0.2) is 67.3 Å². The minimum atomic E-state index is -1.07. The van der Waals surface area contributed by atoms with Crippen LogP contribution in [0.1, 0.15) is 31.4 Å². The second-order valence-electron chi connectivity index (χ2n) is 10.3. The number of likely N-dealkylation sites (tertiary alicyclic amines) is 1. The van der Waals surface area contributed by atoms with E-state index in [-0.39, 0.29) is 53.5 Å². The average molecular weight is 612 g/mol. The molecule has 5 rings (SSSR count). The zero-order valence-corrected chi connectivity index (χ0v) is 24.6. The standard InChI is InChI=1S/C32H28F5N3O2.C2H6/c33-25-3-5-26(6-4-25)39-13-11-38(12-14-39)10-9-31(41)40-19-23(15-21-1-7-27(34)29(36)17-21)32(42)24(20-40)16-22-2-8-28(35)30(37)18-22;1-2/h1-8,15-18H,9-14,19-20H2;1-2H3/b23-15+,24-16+;. The number of piperidine rings is 1. The number of nitrogens with zero attached hydrogens (tertiary/aromatic N) is 3. The number of Topliss-reactive ketones (excluding diaryl/α,β-unsaturated/α-hetero) is 1. The average Bonchev–Trinajstić information content (AvgIpc) is 3.03. The van der Waals surface area contributed by atoms with E-state index < -0.39 is 29.1 Å². The summed E-state index contributed by atoms with van der Waals surface area (Å²) in [5.74, 6) is -5.12. The van der Waals surface area contributed by atoms with Crippen LogP contribution >= 0.6 is 0 Å². The minimum absolute atomic E-state index is 0.0376. The lowest BCUT2D eigenvalue weighted by molar-refractivity contribution is -0.131. The zero-order chi connectivity index (χ0) is 31.8. The van der Waals surface area contributed by atoms with Crippen LogP contribution < -0.4 is 4.90 Å². The lowest BCUT2D eigenvalue weighted by Crippen LogP contribution is -2.48. The third-order valence-corrected chi connectivity index (χ3v) is 7.43. The van der Waals surface area contributed by atoms with Crippen LogP contribution in [0.15, 0.2) is 71.8 Å². The number of piperazine rings is 1. The van der Waals surface area contributed by atoms with Gasteiger partial charge in [-0.3, -0.25) is 14.5 Å². The van der Waals surface area contributed by atoms with E-state index in [0.29, 0.717) is 19.6 Å². The number of halogens is 5. The number of anilines is 1. The van der Waals surface area contributed by atoms with E-state index in [0.717, 1.165) is 43.0 Å². The van der Waals surface area contributed by atoms with Gasteiger partial charge >= 0.3 is 0 Å². The topological polar surface area (TPSA) is 43.9 Å². The van der Waals surface area contributed by atoms with Gasteiger partial charge in [-0.05, 0) is 71.8 Å². The number of hydrogen-bond donors (Lipinski definition) is 0. The molecule has 2 fully saturated rings. The lowest BCUT2D eigenvalue weighted by Gasteiger charge is -2.36. The first kappa shape index (κ1) is 32.6. The molecule has 2 aliphatic rings. The fourth-order valence-electron chi connectivity index (χ4n) is 5.12. The van der Waals surface area contributed by atoms with Gasteiger partial charge in [0.15, 0.2) is 29.1 Å². The second kappa shape index (κ2) is 14.9. The predicted molar refractivity (Wildman–Crippen MR) is 161 cm³/mol. The van der Waals surface area contributed by atoms with Crippen molar-refractivity contribution in [2.24, 2.45) is 0 Å². The summed E-state index contributed by atoms with van der Waals surface area (Å²) >= 11 is 0. The first-order valence-corrected chi connectivity index (χ1v) is 14.5. The van der Waals surface area contributed by atoms with Crippen LogP contribution in [0.25, 0.3) is 12.2 Å². The molecule has 0 aromatic heterocycles. The molecule has 0 bridgehead atoms. The molecule has 2 aliphatic heterocycles. The van der Waals surface area contributed by atoms with Crippen molar-refractivity contribution in [1.29, 1.82) is 0 Å². The number of hydrogen-bond acceptors (Lipinski definition) is 4. The van der Waals surface area contributed by atoms with Crippen molar-refractivity contribution in [2.45, 2.75) is 20.3 Å². The first-order chi connectivity index (χ1) is 21.2. The number of carbonyl (C=O) groups is 2. The molecule has 0 aliphatic carbocycles. The molecule has 232 valence electrons. The SMILES string of the molecule is CC.O=C1/C(=C/c2ccc(F)c(F)c2)CN(C(=O)CCN2CCN(c3ccc(F)cc3)CC2)C/C1=C\c1ccc(F)c(F)c1. The Morgan fingerprint density at radius 1 is 0.705 bits per heavy atom. The second-order valence-corrected chi connectivity index (χ2v) is 10.3. The minimum Gasteiger partial charge on any atom is -0.369 e. The Hall–Kier alpha value is -4.31. The van der Waals surface area contributed by atoms with E-state index in [1.807, 2.05) is 13.8 Å². The van der Waals surface area contributed by atoms with Crippen LogP contribution in [0, 0.1) is 29.1 Å². The highest BCUT2D eigenvalue weighted by Gasteiger charge is 2.29. The molecule has 1 amide bonds. The van der Waals surface area contributed by atoms with Gasteiger partial charge in [-0.15, -0.1) is 0 Å². The number of amides is 1. The highest BCUT2D eigenvalue weighted by molar-refractivity contribution is 6.15. The van der Waals surface area contributed by atoms with Gasteiger partial charge in [0.2, 0.25) is 5.91 Å². The van der Waals surface area contributed by atoms with E-state index >= 15 is 0 Å². The van der Waals surface area contributed by atoms with Gasteiger partial charge in [0, 0.05) is 69.1 Å². The summed E-state index contributed by atoms with van der Waals surface area (Å²) in [5, 5.41) is 0. The Kier molecular flexibility index (Phi) is 11.1. The molecular formula is C34H34F5N3O2. The molecule has 0 saturated carbocycles. The molecule has 44 heavy (non-hydrogen) atoms. The highest BCUT2D eigenvalue weighted by atomic mass is 19.2. The smallest absolute Gasteiger partial charge is 0.224 e. The van der Waals surface area contributed by atoms with E-state index in [4.69, 9.17) is 0 Å². The molecule has 0 atom stereocenters. The third-order valence-electron chi connectivity index (χ3n) is 7.43. The molecule has 3 aromatic rings. The molecule has 0 N–H and O–H groups in total. The molecule has 5 nitrogen and oxygen atoms in total. The number of rotatable bonds is 6. The van der Waals surface area contributed by atoms with Gasteiger partial charge in [0.1, 0.15) is 5.82 Å². The normalized spacial score (nSPS) is 17.6. The first-order valence-electron chi connectivity index (χ1n) is 14.5. The number of ketones is 1. The maximum absolute atomic E-state index is 13.8. The quantitative estimate of drug-likeness (QED) is 0.236. The van der Waals surface area contributed by atoms with Crippen LogP contribution in [-0.2, 0) is 9.59 Å². The Morgan fingerprint density at radius 3 is 1.68 bits per heavy atom. The Morgan fingerprint density at radius 2 is 1.20 bits per heavy atom. The summed E-state index contributed by atoms with van der Waals surface area (Å²) < 4.78 is 67.8. The van der Waals surface area contributed by atoms with Gasteiger partial charge in [-0.25, -0.2) is 22.0 Å². The van der Waals surface area contributed by atoms with Crippen LogP contribution in [0.2, 0.25) is 0 Å². The summed E-state index contributed by atoms with van der Waals surface area (Å²) in [4.78, 5) is 32.5. The monoisotopic (exact) mass is 611 g/mol. The van der Waals surface area contributed by atoms with Gasteiger partial charge < -0.3 is 9.80 Å². The maximum Gasteiger partial charge on any atom is 0.224 e. The van der Waals surface area contributed by atoms with Crippen LogP contribution in [0.3, 0.4) is 0 Å². The van der Waals surface area contributed by atoms with Gasteiger partial charge in [-0.1, -0.05) is 26.0 Å². The van der Waals surface area contributed by atoms with E-state index in [2.05, 4.69) is 9.80 Å². The third kappa shape index (κ3) is 8.19. The van der Waals surface area contributed by atoms with Crippen molar-refractivity contribution in [3.05, 3.63) is 112 Å². The van der Waals surface area contributed by atoms with Crippen molar-refractivity contribution in [3.8, 4) is 0 Å². The van der Waals surface area contributed by atoms with Gasteiger partial charge in [-0.2, -0.15) is 0 Å². The molecule has 2 saturated heterocycles. The Balaban J connectivity index is 0.00000216. The molecule has 0 spiro atoms. The highest BCUT2D eigenvalue weighted by Crippen LogP contribution is 2.24. The zero-order valence-electron chi connectivity index (χ0n) is 24.6. The molecule has 3 aromatic carbocycles.